The fourth-order valence-electron chi connectivity index (χ4n) is 3.39. The molecule has 0 saturated carbocycles. The third-order valence-corrected chi connectivity index (χ3v) is 9.00. The number of nitrogens with one attached hydrogen (secondary N) is 1. The van der Waals surface area contributed by atoms with E-state index in [0.29, 0.717) is 22.4 Å². The van der Waals surface area contributed by atoms with Gasteiger partial charge in [0, 0.05) is 18.3 Å². The van der Waals surface area contributed by atoms with Gasteiger partial charge in [-0.05, 0) is 43.9 Å². The highest BCUT2D eigenvalue weighted by atomic mass is 32.2. The standard InChI is InChI=1S/C20H28N4O3S3/c1-4-5-10-24(16-9-11-30(26,27)13-16)18(25)12-28-20-23-22-19(29-20)21-17-8-6-7-14(2)15(17)3/h6-8,16H,4-5,9-13H2,1-3H3,(H,21,22). The van der Waals surface area contributed by atoms with Gasteiger partial charge in [0.1, 0.15) is 0 Å². The first kappa shape index (κ1) is 23.0. The molecule has 0 spiro atoms. The lowest BCUT2D eigenvalue weighted by atomic mass is 10.1. The van der Waals surface area contributed by atoms with Gasteiger partial charge >= 0.3 is 0 Å². The third kappa shape index (κ3) is 5.95. The zero-order valence-electron chi connectivity index (χ0n) is 17.6. The average molecular weight is 469 g/mol. The van der Waals surface area contributed by atoms with Crippen LogP contribution in [0.15, 0.2) is 22.5 Å². The molecule has 1 fully saturated rings. The molecule has 2 heterocycles. The number of rotatable bonds is 9. The smallest absolute Gasteiger partial charge is 0.233 e. The lowest BCUT2D eigenvalue weighted by molar-refractivity contribution is -0.130. The van der Waals surface area contributed by atoms with Crippen molar-refractivity contribution in [3.05, 3.63) is 29.3 Å². The molecule has 1 saturated heterocycles. The zero-order valence-corrected chi connectivity index (χ0v) is 20.0. The molecule has 1 aromatic carbocycles. The van der Waals surface area contributed by atoms with Crippen molar-refractivity contribution < 1.29 is 13.2 Å². The molecule has 1 N–H and O–H groups in total. The maximum absolute atomic E-state index is 12.9. The fraction of sp³-hybridized carbons (Fsp3) is 0.550. The van der Waals surface area contributed by atoms with E-state index in [4.69, 9.17) is 0 Å². The van der Waals surface area contributed by atoms with Gasteiger partial charge in [-0.2, -0.15) is 0 Å². The second-order valence-electron chi connectivity index (χ2n) is 7.53. The largest absolute Gasteiger partial charge is 0.338 e. The van der Waals surface area contributed by atoms with Gasteiger partial charge in [0.15, 0.2) is 14.2 Å². The normalized spacial score (nSPS) is 17.8. The topological polar surface area (TPSA) is 92.3 Å². The van der Waals surface area contributed by atoms with Crippen molar-refractivity contribution in [2.45, 2.75) is 50.4 Å². The van der Waals surface area contributed by atoms with E-state index < -0.39 is 9.84 Å². The highest BCUT2D eigenvalue weighted by Gasteiger charge is 2.34. The molecule has 7 nitrogen and oxygen atoms in total. The van der Waals surface area contributed by atoms with Crippen molar-refractivity contribution in [2.24, 2.45) is 0 Å². The predicted molar refractivity (Wildman–Crippen MR) is 124 cm³/mol. The van der Waals surface area contributed by atoms with Gasteiger partial charge in [0.2, 0.25) is 11.0 Å². The molecule has 1 atom stereocenters. The second kappa shape index (κ2) is 10.1. The monoisotopic (exact) mass is 468 g/mol. The number of sulfone groups is 1. The van der Waals surface area contributed by atoms with Crippen molar-refractivity contribution in [2.75, 3.05) is 29.1 Å². The van der Waals surface area contributed by atoms with Crippen molar-refractivity contribution in [3.63, 3.8) is 0 Å². The number of carbonyl (C=O) groups excluding carboxylic acids is 1. The van der Waals surface area contributed by atoms with Gasteiger partial charge in [-0.15, -0.1) is 10.2 Å². The molecule has 1 aliphatic rings. The van der Waals surface area contributed by atoms with Gasteiger partial charge in [0.25, 0.3) is 0 Å². The van der Waals surface area contributed by atoms with Crippen molar-refractivity contribution in [1.29, 1.82) is 0 Å². The Hall–Kier alpha value is -1.65. The number of unbranched alkanes of at least 4 members (excludes halogenated alkanes) is 1. The number of hydrogen-bond donors (Lipinski definition) is 1. The summed E-state index contributed by atoms with van der Waals surface area (Å²) in [5.74, 6) is 0.452. The van der Waals surface area contributed by atoms with Crippen molar-refractivity contribution in [3.8, 4) is 0 Å². The third-order valence-electron chi connectivity index (χ3n) is 5.29. The summed E-state index contributed by atoms with van der Waals surface area (Å²) < 4.78 is 24.4. The summed E-state index contributed by atoms with van der Waals surface area (Å²) in [6, 6.07) is 5.86. The maximum Gasteiger partial charge on any atom is 0.233 e. The van der Waals surface area contributed by atoms with E-state index in [1.165, 1.54) is 28.7 Å². The Kier molecular flexibility index (Phi) is 7.75. The van der Waals surface area contributed by atoms with Crippen LogP contribution in [0.4, 0.5) is 10.8 Å². The van der Waals surface area contributed by atoms with E-state index >= 15 is 0 Å². The van der Waals surface area contributed by atoms with Crippen LogP contribution < -0.4 is 5.32 Å². The van der Waals surface area contributed by atoms with Gasteiger partial charge < -0.3 is 10.2 Å². The van der Waals surface area contributed by atoms with Crippen LogP contribution in [0.2, 0.25) is 0 Å². The summed E-state index contributed by atoms with van der Waals surface area (Å²) in [6.07, 6.45) is 2.36. The van der Waals surface area contributed by atoms with Crippen LogP contribution in [0.3, 0.4) is 0 Å². The minimum absolute atomic E-state index is 0.0326. The van der Waals surface area contributed by atoms with E-state index in [-0.39, 0.29) is 29.2 Å². The van der Waals surface area contributed by atoms with E-state index in [1.807, 2.05) is 12.1 Å². The molecule has 30 heavy (non-hydrogen) atoms. The van der Waals surface area contributed by atoms with Gasteiger partial charge in [-0.25, -0.2) is 8.42 Å². The van der Waals surface area contributed by atoms with Crippen LogP contribution in [-0.4, -0.2) is 59.3 Å². The predicted octanol–water partition coefficient (Wildman–Crippen LogP) is 3.81. The SMILES string of the molecule is CCCCN(C(=O)CSc1nnc(Nc2cccc(C)c2C)s1)C1CCS(=O)(=O)C1. The molecule has 1 unspecified atom stereocenters. The van der Waals surface area contributed by atoms with Crippen LogP contribution in [0.25, 0.3) is 0 Å². The first-order valence-corrected chi connectivity index (χ1v) is 13.7. The van der Waals surface area contributed by atoms with Crippen LogP contribution >= 0.6 is 23.1 Å². The van der Waals surface area contributed by atoms with Crippen LogP contribution in [-0.2, 0) is 14.6 Å². The highest BCUT2D eigenvalue weighted by molar-refractivity contribution is 8.01. The summed E-state index contributed by atoms with van der Waals surface area (Å²) in [4.78, 5) is 14.6. The number of amides is 1. The van der Waals surface area contributed by atoms with Gasteiger partial charge in [-0.1, -0.05) is 48.6 Å². The molecule has 164 valence electrons. The number of nitrogens with zero attached hydrogens (tertiary/aromatic N) is 3. The Morgan fingerprint density at radius 2 is 2.13 bits per heavy atom. The minimum atomic E-state index is -3.03. The van der Waals surface area contributed by atoms with Crippen molar-refractivity contribution >= 4 is 49.7 Å². The molecular formula is C20H28N4O3S3. The van der Waals surface area contributed by atoms with Gasteiger partial charge in [0.05, 0.1) is 17.3 Å². The van der Waals surface area contributed by atoms with Gasteiger partial charge in [-0.3, -0.25) is 4.79 Å². The summed E-state index contributed by atoms with van der Waals surface area (Å²) in [7, 11) is -3.03. The number of anilines is 2. The molecule has 0 radical (unpaired) electrons. The van der Waals surface area contributed by atoms with Crippen LogP contribution in [0.1, 0.15) is 37.3 Å². The molecular weight excluding hydrogens is 440 g/mol. The number of aromatic nitrogens is 2. The lowest BCUT2D eigenvalue weighted by Gasteiger charge is -2.28. The quantitative estimate of drug-likeness (QED) is 0.560. The first-order valence-electron chi connectivity index (χ1n) is 10.1. The Labute approximate surface area is 186 Å². The van der Waals surface area contributed by atoms with E-state index in [2.05, 4.69) is 42.4 Å². The van der Waals surface area contributed by atoms with Crippen LogP contribution in [0, 0.1) is 13.8 Å². The summed E-state index contributed by atoms with van der Waals surface area (Å²) >= 11 is 2.76. The summed E-state index contributed by atoms with van der Waals surface area (Å²) in [5, 5.41) is 12.3. The Balaban J connectivity index is 1.59. The molecule has 1 aromatic heterocycles. The van der Waals surface area contributed by atoms with E-state index in [9.17, 15) is 13.2 Å². The second-order valence-corrected chi connectivity index (χ2v) is 12.0. The minimum Gasteiger partial charge on any atom is -0.338 e. The summed E-state index contributed by atoms with van der Waals surface area (Å²) in [6.45, 7) is 6.79. The van der Waals surface area contributed by atoms with E-state index in [1.54, 1.807) is 4.90 Å². The molecule has 2 aromatic rings. The average Bonchev–Trinajstić information content (AvgIpc) is 3.30. The number of thioether (sulfide) groups is 1. The number of benzene rings is 1. The molecule has 3 rings (SSSR count). The lowest BCUT2D eigenvalue weighted by Crippen LogP contribution is -2.42. The summed E-state index contributed by atoms with van der Waals surface area (Å²) in [5.41, 5.74) is 3.35. The molecule has 1 amide bonds. The Morgan fingerprint density at radius 3 is 2.83 bits per heavy atom. The molecule has 0 aliphatic carbocycles. The zero-order chi connectivity index (χ0) is 21.7. The molecule has 10 heteroatoms. The Morgan fingerprint density at radius 1 is 1.33 bits per heavy atom. The number of hydrogen-bond acceptors (Lipinski definition) is 8. The number of aryl methyl sites for hydroxylation is 1. The fourth-order valence-corrected chi connectivity index (χ4v) is 6.77. The first-order chi connectivity index (χ1) is 14.3. The molecule has 1 aliphatic heterocycles. The van der Waals surface area contributed by atoms with E-state index in [0.717, 1.165) is 24.1 Å². The number of carbonyl (C=O) groups is 1. The highest BCUT2D eigenvalue weighted by Crippen LogP contribution is 2.30. The van der Waals surface area contributed by atoms with Crippen molar-refractivity contribution in [1.82, 2.24) is 15.1 Å². The Bertz CT molecular complexity index is 991. The maximum atomic E-state index is 12.9. The van der Waals surface area contributed by atoms with Crippen LogP contribution in [0.5, 0.6) is 0 Å². The molecule has 0 bridgehead atoms.